The Balaban J connectivity index is 1.45. The highest BCUT2D eigenvalue weighted by Gasteiger charge is 2.09. The lowest BCUT2D eigenvalue weighted by Gasteiger charge is -2.07. The van der Waals surface area contributed by atoms with Crippen LogP contribution in [-0.2, 0) is 4.79 Å². The Hall–Kier alpha value is -3.19. The lowest BCUT2D eigenvalue weighted by atomic mass is 10.3. The second-order valence-corrected chi connectivity index (χ2v) is 6.20. The van der Waals surface area contributed by atoms with Gasteiger partial charge in [0, 0.05) is 17.3 Å². The summed E-state index contributed by atoms with van der Waals surface area (Å²) >= 11 is 1.52. The summed E-state index contributed by atoms with van der Waals surface area (Å²) in [6.07, 6.45) is 1.74. The molecule has 25 heavy (non-hydrogen) atoms. The Morgan fingerprint density at radius 2 is 2.08 bits per heavy atom. The highest BCUT2D eigenvalue weighted by Crippen LogP contribution is 2.24. The molecule has 0 fully saturated rings. The summed E-state index contributed by atoms with van der Waals surface area (Å²) in [4.78, 5) is 24.0. The van der Waals surface area contributed by atoms with Crippen molar-refractivity contribution in [3.63, 3.8) is 0 Å². The van der Waals surface area contributed by atoms with E-state index in [0.717, 1.165) is 21.9 Å². The molecule has 7 heteroatoms. The van der Waals surface area contributed by atoms with E-state index in [-0.39, 0.29) is 12.5 Å². The number of hydrogen-bond acceptors (Lipinski definition) is 5. The van der Waals surface area contributed by atoms with Crippen LogP contribution in [0.3, 0.4) is 0 Å². The second-order valence-electron chi connectivity index (χ2n) is 5.30. The van der Waals surface area contributed by atoms with Gasteiger partial charge in [-0.25, -0.2) is 9.97 Å². The van der Waals surface area contributed by atoms with E-state index in [1.807, 2.05) is 53.9 Å². The van der Waals surface area contributed by atoms with Crippen molar-refractivity contribution in [3.8, 4) is 16.6 Å². The van der Waals surface area contributed by atoms with Gasteiger partial charge in [-0.05, 0) is 30.3 Å². The number of ether oxygens (including phenoxy) is 1. The van der Waals surface area contributed by atoms with E-state index in [1.165, 1.54) is 11.3 Å². The van der Waals surface area contributed by atoms with Crippen LogP contribution in [0.1, 0.15) is 0 Å². The molecule has 2 aromatic heterocycles. The van der Waals surface area contributed by atoms with Crippen molar-refractivity contribution in [2.45, 2.75) is 0 Å². The third kappa shape index (κ3) is 3.51. The molecule has 2 heterocycles. The number of hydrogen-bond donors (Lipinski definition) is 2. The molecular formula is C18H14N4O2S. The van der Waals surface area contributed by atoms with Gasteiger partial charge in [0.2, 0.25) is 0 Å². The van der Waals surface area contributed by atoms with E-state index < -0.39 is 0 Å². The van der Waals surface area contributed by atoms with Gasteiger partial charge in [0.25, 0.3) is 5.91 Å². The van der Waals surface area contributed by atoms with Crippen LogP contribution < -0.4 is 10.1 Å². The number of nitrogens with zero attached hydrogens (tertiary/aromatic N) is 2. The molecule has 0 bridgehead atoms. The van der Waals surface area contributed by atoms with E-state index >= 15 is 0 Å². The normalized spacial score (nSPS) is 10.7. The first-order valence-electron chi connectivity index (χ1n) is 7.65. The van der Waals surface area contributed by atoms with Crippen molar-refractivity contribution < 1.29 is 9.53 Å². The molecule has 6 nitrogen and oxygen atoms in total. The number of aromatic amines is 1. The SMILES string of the molecule is O=C(COc1ccccc1)Nc1ccc2nc(-c3nccs3)[nH]c2c1. The zero-order valence-corrected chi connectivity index (χ0v) is 13.9. The summed E-state index contributed by atoms with van der Waals surface area (Å²) < 4.78 is 5.44. The number of amides is 1. The summed E-state index contributed by atoms with van der Waals surface area (Å²) in [5.41, 5.74) is 2.35. The van der Waals surface area contributed by atoms with Crippen LogP contribution >= 0.6 is 11.3 Å². The molecule has 2 N–H and O–H groups in total. The Kier molecular flexibility index (Phi) is 4.14. The fourth-order valence-corrected chi connectivity index (χ4v) is 2.97. The minimum absolute atomic E-state index is 0.0462. The topological polar surface area (TPSA) is 79.9 Å². The molecule has 0 aliphatic heterocycles. The fourth-order valence-electron chi connectivity index (χ4n) is 2.39. The molecule has 0 saturated heterocycles. The average molecular weight is 350 g/mol. The van der Waals surface area contributed by atoms with Crippen molar-refractivity contribution in [3.05, 3.63) is 60.1 Å². The van der Waals surface area contributed by atoms with Gasteiger partial charge in [-0.3, -0.25) is 4.79 Å². The van der Waals surface area contributed by atoms with E-state index in [4.69, 9.17) is 4.74 Å². The number of nitrogens with one attached hydrogen (secondary N) is 2. The van der Waals surface area contributed by atoms with Gasteiger partial charge in [0.15, 0.2) is 17.4 Å². The maximum Gasteiger partial charge on any atom is 0.262 e. The third-order valence-electron chi connectivity index (χ3n) is 3.51. The third-order valence-corrected chi connectivity index (χ3v) is 4.29. The predicted octanol–water partition coefficient (Wildman–Crippen LogP) is 3.70. The van der Waals surface area contributed by atoms with Crippen molar-refractivity contribution in [2.24, 2.45) is 0 Å². The number of fused-ring (bicyclic) bond motifs is 1. The number of para-hydroxylation sites is 1. The van der Waals surface area contributed by atoms with Gasteiger partial charge >= 0.3 is 0 Å². The Morgan fingerprint density at radius 3 is 2.88 bits per heavy atom. The minimum Gasteiger partial charge on any atom is -0.484 e. The van der Waals surface area contributed by atoms with Gasteiger partial charge in [-0.15, -0.1) is 11.3 Å². The fraction of sp³-hybridized carbons (Fsp3) is 0.0556. The number of rotatable bonds is 5. The molecule has 1 amide bonds. The van der Waals surface area contributed by atoms with Crippen LogP contribution in [0, 0.1) is 0 Å². The summed E-state index contributed by atoms with van der Waals surface area (Å²) in [5, 5.41) is 5.56. The van der Waals surface area contributed by atoms with Gasteiger partial charge in [-0.1, -0.05) is 18.2 Å². The number of carbonyl (C=O) groups excluding carboxylic acids is 1. The lowest BCUT2D eigenvalue weighted by molar-refractivity contribution is -0.118. The second kappa shape index (κ2) is 6.74. The largest absolute Gasteiger partial charge is 0.484 e. The average Bonchev–Trinajstić information content (AvgIpc) is 3.30. The van der Waals surface area contributed by atoms with Crippen molar-refractivity contribution in [1.29, 1.82) is 0 Å². The van der Waals surface area contributed by atoms with Crippen LogP contribution in [0.2, 0.25) is 0 Å². The zero-order chi connectivity index (χ0) is 17.1. The lowest BCUT2D eigenvalue weighted by Crippen LogP contribution is -2.20. The van der Waals surface area contributed by atoms with Crippen LogP contribution in [0.15, 0.2) is 60.1 Å². The summed E-state index contributed by atoms with van der Waals surface area (Å²) in [7, 11) is 0. The van der Waals surface area contributed by atoms with Crippen LogP contribution in [-0.4, -0.2) is 27.5 Å². The number of carbonyl (C=O) groups is 1. The minimum atomic E-state index is -0.220. The molecule has 0 atom stereocenters. The molecule has 0 aliphatic carbocycles. The van der Waals surface area contributed by atoms with Gasteiger partial charge in [0.1, 0.15) is 5.75 Å². The number of thiazole rings is 1. The van der Waals surface area contributed by atoms with Gasteiger partial charge in [-0.2, -0.15) is 0 Å². The Bertz CT molecular complexity index is 997. The summed E-state index contributed by atoms with van der Waals surface area (Å²) in [6.45, 7) is -0.0462. The Labute approximate surface area is 147 Å². The van der Waals surface area contributed by atoms with Crippen molar-refractivity contribution in [2.75, 3.05) is 11.9 Å². The predicted molar refractivity (Wildman–Crippen MR) is 97.8 cm³/mol. The molecule has 124 valence electrons. The van der Waals surface area contributed by atoms with E-state index in [2.05, 4.69) is 20.3 Å². The first kappa shape index (κ1) is 15.3. The highest BCUT2D eigenvalue weighted by molar-refractivity contribution is 7.13. The smallest absolute Gasteiger partial charge is 0.262 e. The first-order chi connectivity index (χ1) is 12.3. The number of aromatic nitrogens is 3. The Morgan fingerprint density at radius 1 is 1.20 bits per heavy atom. The number of H-pyrrole nitrogens is 1. The molecule has 0 spiro atoms. The number of anilines is 1. The number of benzene rings is 2. The molecular weight excluding hydrogens is 336 g/mol. The number of imidazole rings is 1. The monoisotopic (exact) mass is 350 g/mol. The van der Waals surface area contributed by atoms with Gasteiger partial charge in [0.05, 0.1) is 11.0 Å². The molecule has 0 saturated carbocycles. The molecule has 2 aromatic carbocycles. The molecule has 4 aromatic rings. The van der Waals surface area contributed by atoms with Crippen LogP contribution in [0.25, 0.3) is 21.9 Å². The maximum atomic E-state index is 12.0. The standard InChI is InChI=1S/C18H14N4O2S/c23-16(11-24-13-4-2-1-3-5-13)20-12-6-7-14-15(10-12)22-17(21-14)18-19-8-9-25-18/h1-10H,11H2,(H,20,23)(H,21,22). The van der Waals surface area contributed by atoms with Crippen LogP contribution in [0.5, 0.6) is 5.75 Å². The maximum absolute atomic E-state index is 12.0. The van der Waals surface area contributed by atoms with Crippen LogP contribution in [0.4, 0.5) is 5.69 Å². The molecule has 0 aliphatic rings. The van der Waals surface area contributed by atoms with Crippen molar-refractivity contribution >= 4 is 34.0 Å². The molecule has 4 rings (SSSR count). The van der Waals surface area contributed by atoms with E-state index in [9.17, 15) is 4.79 Å². The zero-order valence-electron chi connectivity index (χ0n) is 13.1. The van der Waals surface area contributed by atoms with E-state index in [1.54, 1.807) is 6.20 Å². The van der Waals surface area contributed by atoms with Crippen molar-refractivity contribution in [1.82, 2.24) is 15.0 Å². The summed E-state index contributed by atoms with van der Waals surface area (Å²) in [5.74, 6) is 1.17. The molecule has 0 unspecified atom stereocenters. The van der Waals surface area contributed by atoms with E-state index in [0.29, 0.717) is 11.4 Å². The summed E-state index contributed by atoms with van der Waals surface area (Å²) in [6, 6.07) is 14.8. The molecule has 0 radical (unpaired) electrons. The van der Waals surface area contributed by atoms with Gasteiger partial charge < -0.3 is 15.0 Å². The highest BCUT2D eigenvalue weighted by atomic mass is 32.1. The quantitative estimate of drug-likeness (QED) is 0.575. The first-order valence-corrected chi connectivity index (χ1v) is 8.53.